The maximum absolute atomic E-state index is 6.99. The van der Waals surface area contributed by atoms with Gasteiger partial charge in [-0.05, 0) is 205 Å². The molecule has 0 N–H and O–H groups in total. The Morgan fingerprint density at radius 1 is 0.338 bits per heavy atom. The number of hydrogen-bond donors (Lipinski definition) is 0. The molecule has 11 aromatic carbocycles. The summed E-state index contributed by atoms with van der Waals surface area (Å²) >= 11 is 0. The second-order valence-electron chi connectivity index (χ2n) is 24.6. The molecule has 0 radical (unpaired) electrons. The number of anilines is 6. The molecule has 0 spiro atoms. The molecule has 0 saturated heterocycles. The van der Waals surface area contributed by atoms with Crippen LogP contribution in [0.3, 0.4) is 0 Å². The van der Waals surface area contributed by atoms with Gasteiger partial charge < -0.3 is 18.6 Å². The molecular formula is C76H64N2O2. The standard InChI is InChI=1S/C76H64N2O2/c1-43(2)47-19-25-53(26-20-47)77(57-31-33-67-61(41-57)59-15-11-13-17-65(59)75(67,7)8)55-29-23-49-37-63-69(39-51(49)35-55)79-73-46(6)74-72(45(5)71(63)73)64-38-50-24-30-56(36-52(50)40-70(64)80-74)78(54-27-21-48(22-28-54)44(3)4)58-32-34-68-62(42-58)60-16-12-14-18-66(60)76(68,9)10/h11-44H,1-10H3. The average Bonchev–Trinajstić information content (AvgIpc) is 4.17. The molecule has 0 amide bonds. The molecule has 15 rings (SSSR count). The molecular weight excluding hydrogens is 973 g/mol. The van der Waals surface area contributed by atoms with Crippen molar-refractivity contribution in [2.75, 3.05) is 9.80 Å². The Morgan fingerprint density at radius 2 is 0.700 bits per heavy atom. The van der Waals surface area contributed by atoms with Gasteiger partial charge in [-0.15, -0.1) is 0 Å². The molecule has 0 saturated carbocycles. The highest BCUT2D eigenvalue weighted by molar-refractivity contribution is 6.22. The molecule has 390 valence electrons. The van der Waals surface area contributed by atoms with Gasteiger partial charge in [-0.25, -0.2) is 0 Å². The fraction of sp³-hybridized carbons (Fsp3) is 0.184. The predicted molar refractivity (Wildman–Crippen MR) is 338 cm³/mol. The van der Waals surface area contributed by atoms with Gasteiger partial charge >= 0.3 is 0 Å². The Morgan fingerprint density at radius 3 is 1.11 bits per heavy atom. The zero-order valence-corrected chi connectivity index (χ0v) is 47.3. The summed E-state index contributed by atoms with van der Waals surface area (Å²) in [5.74, 6) is 0.884. The van der Waals surface area contributed by atoms with Gasteiger partial charge in [-0.1, -0.05) is 152 Å². The van der Waals surface area contributed by atoms with E-state index in [1.807, 2.05) is 0 Å². The summed E-state index contributed by atoms with van der Waals surface area (Å²) in [4.78, 5) is 4.82. The number of hydrogen-bond acceptors (Lipinski definition) is 4. The normalized spacial score (nSPS) is 14.1. The highest BCUT2D eigenvalue weighted by atomic mass is 16.3. The van der Waals surface area contributed by atoms with Crippen LogP contribution in [0.2, 0.25) is 0 Å². The van der Waals surface area contributed by atoms with E-state index in [4.69, 9.17) is 8.83 Å². The molecule has 2 heterocycles. The number of fused-ring (bicyclic) bond motifs is 14. The maximum atomic E-state index is 6.99. The van der Waals surface area contributed by atoms with Gasteiger partial charge in [0.1, 0.15) is 22.3 Å². The minimum atomic E-state index is -0.0678. The van der Waals surface area contributed by atoms with Crippen LogP contribution in [0.1, 0.15) is 112 Å². The van der Waals surface area contributed by atoms with E-state index in [9.17, 15) is 0 Å². The lowest BCUT2D eigenvalue weighted by Gasteiger charge is -2.27. The Hall–Kier alpha value is -8.86. The molecule has 2 aliphatic carbocycles. The van der Waals surface area contributed by atoms with Crippen molar-refractivity contribution in [3.05, 3.63) is 239 Å². The first-order valence-corrected chi connectivity index (χ1v) is 28.6. The van der Waals surface area contributed by atoms with E-state index in [-0.39, 0.29) is 10.8 Å². The summed E-state index contributed by atoms with van der Waals surface area (Å²) in [6.45, 7) is 22.8. The van der Waals surface area contributed by atoms with Gasteiger partial charge in [0.15, 0.2) is 0 Å². The van der Waals surface area contributed by atoms with Gasteiger partial charge in [0, 0.05) is 72.1 Å². The van der Waals surface area contributed by atoms with Crippen molar-refractivity contribution in [1.82, 2.24) is 0 Å². The van der Waals surface area contributed by atoms with Gasteiger partial charge in [-0.2, -0.15) is 0 Å². The molecule has 4 heteroatoms. The molecule has 4 nitrogen and oxygen atoms in total. The first kappa shape index (κ1) is 48.3. The highest BCUT2D eigenvalue weighted by Crippen LogP contribution is 2.53. The lowest BCUT2D eigenvalue weighted by Crippen LogP contribution is -2.15. The van der Waals surface area contributed by atoms with E-state index < -0.39 is 0 Å². The van der Waals surface area contributed by atoms with E-state index in [0.29, 0.717) is 11.8 Å². The molecule has 80 heavy (non-hydrogen) atoms. The number of rotatable bonds is 8. The number of aryl methyl sites for hydroxylation is 2. The van der Waals surface area contributed by atoms with Crippen molar-refractivity contribution in [3.8, 4) is 22.3 Å². The minimum Gasteiger partial charge on any atom is -0.456 e. The summed E-state index contributed by atoms with van der Waals surface area (Å²) in [5.41, 5.74) is 25.6. The van der Waals surface area contributed by atoms with Crippen LogP contribution in [0, 0.1) is 13.8 Å². The highest BCUT2D eigenvalue weighted by Gasteiger charge is 2.37. The molecule has 0 aliphatic heterocycles. The molecule has 0 fully saturated rings. The Bertz CT molecular complexity index is 4440. The zero-order valence-electron chi connectivity index (χ0n) is 47.3. The molecule has 0 bridgehead atoms. The Kier molecular flexibility index (Phi) is 10.5. The van der Waals surface area contributed by atoms with Crippen LogP contribution in [0.5, 0.6) is 0 Å². The first-order valence-electron chi connectivity index (χ1n) is 28.6. The molecule has 0 atom stereocenters. The predicted octanol–water partition coefficient (Wildman–Crippen LogP) is 22.2. The summed E-state index contributed by atoms with van der Waals surface area (Å²) < 4.78 is 14.0. The topological polar surface area (TPSA) is 32.8 Å². The van der Waals surface area contributed by atoms with Gasteiger partial charge in [0.05, 0.1) is 0 Å². The molecule has 0 unspecified atom stereocenters. The molecule has 13 aromatic rings. The van der Waals surface area contributed by atoms with Crippen molar-refractivity contribution >= 4 is 99.5 Å². The smallest absolute Gasteiger partial charge is 0.142 e. The summed E-state index contributed by atoms with van der Waals surface area (Å²) in [7, 11) is 0. The number of nitrogens with zero attached hydrogens (tertiary/aromatic N) is 2. The van der Waals surface area contributed by atoms with Gasteiger partial charge in [-0.3, -0.25) is 0 Å². The molecule has 2 aromatic heterocycles. The van der Waals surface area contributed by atoms with E-state index in [1.54, 1.807) is 0 Å². The third-order valence-electron chi connectivity index (χ3n) is 18.5. The van der Waals surface area contributed by atoms with Gasteiger partial charge in [0.2, 0.25) is 0 Å². The van der Waals surface area contributed by atoms with E-state index in [1.165, 1.54) is 61.2 Å². The van der Waals surface area contributed by atoms with E-state index >= 15 is 0 Å². The van der Waals surface area contributed by atoms with E-state index in [2.05, 4.69) is 273 Å². The van der Waals surface area contributed by atoms with Crippen molar-refractivity contribution < 1.29 is 8.83 Å². The van der Waals surface area contributed by atoms with Gasteiger partial charge in [0.25, 0.3) is 0 Å². The zero-order chi connectivity index (χ0) is 54.7. The number of benzene rings is 11. The van der Waals surface area contributed by atoms with Crippen molar-refractivity contribution in [3.63, 3.8) is 0 Å². The van der Waals surface area contributed by atoms with Crippen molar-refractivity contribution in [2.45, 2.75) is 91.9 Å². The average molecular weight is 1040 g/mol. The van der Waals surface area contributed by atoms with E-state index in [0.717, 1.165) is 105 Å². The minimum absolute atomic E-state index is 0.0678. The van der Waals surface area contributed by atoms with Crippen LogP contribution in [-0.2, 0) is 10.8 Å². The fourth-order valence-electron chi connectivity index (χ4n) is 14.0. The van der Waals surface area contributed by atoms with Crippen LogP contribution in [-0.4, -0.2) is 0 Å². The summed E-state index contributed by atoms with van der Waals surface area (Å²) in [6, 6.07) is 73.0. The Labute approximate surface area is 468 Å². The lowest BCUT2D eigenvalue weighted by molar-refractivity contribution is 0.651. The number of furan rings is 2. The monoisotopic (exact) mass is 1040 g/mol. The van der Waals surface area contributed by atoms with Crippen LogP contribution >= 0.6 is 0 Å². The second kappa shape index (κ2) is 17.3. The second-order valence-corrected chi connectivity index (χ2v) is 24.6. The van der Waals surface area contributed by atoms with Crippen LogP contribution in [0.25, 0.3) is 87.7 Å². The SMILES string of the molecule is Cc1c2oc3cc4cc(N(c5ccc(C(C)C)cc5)c5ccc6c(c5)-c5ccccc5C6(C)C)ccc4cc3c2c(C)c2c1oc1cc3cc(N(c4ccc(C(C)C)cc4)c4ccc5c(c4)-c4ccccc4C5(C)C)ccc3cc12. The van der Waals surface area contributed by atoms with Crippen LogP contribution in [0.4, 0.5) is 34.1 Å². The van der Waals surface area contributed by atoms with Crippen molar-refractivity contribution in [1.29, 1.82) is 0 Å². The first-order chi connectivity index (χ1) is 38.6. The maximum Gasteiger partial charge on any atom is 0.142 e. The lowest BCUT2D eigenvalue weighted by atomic mass is 9.82. The fourth-order valence-corrected chi connectivity index (χ4v) is 14.0. The molecule has 2 aliphatic rings. The third-order valence-corrected chi connectivity index (χ3v) is 18.5. The van der Waals surface area contributed by atoms with Crippen LogP contribution in [0.15, 0.2) is 203 Å². The van der Waals surface area contributed by atoms with Crippen LogP contribution < -0.4 is 9.80 Å². The Balaban J connectivity index is 0.834. The quantitative estimate of drug-likeness (QED) is 0.152. The third kappa shape index (κ3) is 7.07. The summed E-state index contributed by atoms with van der Waals surface area (Å²) in [6.07, 6.45) is 0. The van der Waals surface area contributed by atoms with Crippen molar-refractivity contribution in [2.24, 2.45) is 0 Å². The largest absolute Gasteiger partial charge is 0.456 e. The summed E-state index contributed by atoms with van der Waals surface area (Å²) in [5, 5.41) is 9.09.